The molecular formula is C17H22N2O3. The molecule has 5 heteroatoms. The fourth-order valence-corrected chi connectivity index (χ4v) is 3.56. The molecule has 2 aliphatic carbocycles. The maximum atomic E-state index is 12.1. The third kappa shape index (κ3) is 3.40. The average Bonchev–Trinajstić information content (AvgIpc) is 2.89. The molecule has 0 spiro atoms. The van der Waals surface area contributed by atoms with Gasteiger partial charge in [-0.15, -0.1) is 0 Å². The van der Waals surface area contributed by atoms with Gasteiger partial charge in [0.2, 0.25) is 0 Å². The van der Waals surface area contributed by atoms with E-state index < -0.39 is 5.97 Å². The second kappa shape index (κ2) is 6.38. The first-order valence-corrected chi connectivity index (χ1v) is 7.98. The molecular weight excluding hydrogens is 280 g/mol. The minimum Gasteiger partial charge on any atom is -0.481 e. The molecule has 0 aliphatic heterocycles. The zero-order valence-corrected chi connectivity index (χ0v) is 12.5. The van der Waals surface area contributed by atoms with Gasteiger partial charge in [-0.3, -0.25) is 4.79 Å². The van der Waals surface area contributed by atoms with Gasteiger partial charge >= 0.3 is 12.0 Å². The van der Waals surface area contributed by atoms with Crippen molar-refractivity contribution in [2.24, 2.45) is 5.92 Å². The first kappa shape index (κ1) is 14.9. The van der Waals surface area contributed by atoms with Crippen LogP contribution >= 0.6 is 0 Å². The zero-order valence-electron chi connectivity index (χ0n) is 12.5. The van der Waals surface area contributed by atoms with Crippen molar-refractivity contribution in [1.29, 1.82) is 0 Å². The van der Waals surface area contributed by atoms with Gasteiger partial charge in [0.05, 0.1) is 5.92 Å². The number of hydrogen-bond acceptors (Lipinski definition) is 2. The lowest BCUT2D eigenvalue weighted by Gasteiger charge is -2.27. The Balaban J connectivity index is 1.44. The lowest BCUT2D eigenvalue weighted by Crippen LogP contribution is -2.47. The maximum Gasteiger partial charge on any atom is 0.315 e. The summed E-state index contributed by atoms with van der Waals surface area (Å²) in [4.78, 5) is 23.0. The third-order valence-corrected chi connectivity index (χ3v) is 4.80. The summed E-state index contributed by atoms with van der Waals surface area (Å²) in [5.41, 5.74) is 2.63. The van der Waals surface area contributed by atoms with Crippen LogP contribution in [0.4, 0.5) is 4.79 Å². The Morgan fingerprint density at radius 2 is 1.45 bits per heavy atom. The number of rotatable bonds is 3. The van der Waals surface area contributed by atoms with E-state index in [1.54, 1.807) is 0 Å². The average molecular weight is 302 g/mol. The van der Waals surface area contributed by atoms with E-state index in [4.69, 9.17) is 5.11 Å². The number of carbonyl (C=O) groups excluding carboxylic acids is 1. The SMILES string of the molecule is O=C(NC1CCC(C(=O)O)CC1)NC1Cc2ccccc2C1. The van der Waals surface area contributed by atoms with Crippen LogP contribution in [0.15, 0.2) is 24.3 Å². The molecule has 1 saturated carbocycles. The van der Waals surface area contributed by atoms with Crippen LogP contribution in [0.3, 0.4) is 0 Å². The van der Waals surface area contributed by atoms with Crippen molar-refractivity contribution in [2.75, 3.05) is 0 Å². The van der Waals surface area contributed by atoms with E-state index in [1.807, 2.05) is 12.1 Å². The van der Waals surface area contributed by atoms with Crippen LogP contribution < -0.4 is 10.6 Å². The van der Waals surface area contributed by atoms with Gasteiger partial charge in [0, 0.05) is 12.1 Å². The number of urea groups is 1. The monoisotopic (exact) mass is 302 g/mol. The van der Waals surface area contributed by atoms with Crippen LogP contribution in [0.5, 0.6) is 0 Å². The molecule has 1 aromatic rings. The van der Waals surface area contributed by atoms with Gasteiger partial charge < -0.3 is 15.7 Å². The molecule has 5 nitrogen and oxygen atoms in total. The Hall–Kier alpha value is -2.04. The van der Waals surface area contributed by atoms with Crippen molar-refractivity contribution in [1.82, 2.24) is 10.6 Å². The van der Waals surface area contributed by atoms with Crippen molar-refractivity contribution in [2.45, 2.75) is 50.6 Å². The highest BCUT2D eigenvalue weighted by Gasteiger charge is 2.28. The molecule has 3 N–H and O–H groups in total. The van der Waals surface area contributed by atoms with Crippen molar-refractivity contribution in [3.05, 3.63) is 35.4 Å². The summed E-state index contributed by atoms with van der Waals surface area (Å²) >= 11 is 0. The molecule has 2 aliphatic rings. The predicted octanol–water partition coefficient (Wildman–Crippen LogP) is 2.10. The second-order valence-electron chi connectivity index (χ2n) is 6.38. The molecule has 0 saturated heterocycles. The van der Waals surface area contributed by atoms with Gasteiger partial charge in [0.25, 0.3) is 0 Å². The van der Waals surface area contributed by atoms with E-state index in [0.717, 1.165) is 25.7 Å². The van der Waals surface area contributed by atoms with E-state index >= 15 is 0 Å². The van der Waals surface area contributed by atoms with Gasteiger partial charge in [0.1, 0.15) is 0 Å². The Kier molecular flexibility index (Phi) is 4.32. The molecule has 1 aromatic carbocycles. The number of benzene rings is 1. The number of nitrogens with one attached hydrogen (secondary N) is 2. The third-order valence-electron chi connectivity index (χ3n) is 4.80. The lowest BCUT2D eigenvalue weighted by molar-refractivity contribution is -0.142. The summed E-state index contributed by atoms with van der Waals surface area (Å²) < 4.78 is 0. The number of hydrogen-bond donors (Lipinski definition) is 3. The van der Waals surface area contributed by atoms with E-state index in [1.165, 1.54) is 11.1 Å². The summed E-state index contributed by atoms with van der Waals surface area (Å²) in [6, 6.07) is 8.41. The van der Waals surface area contributed by atoms with E-state index in [2.05, 4.69) is 22.8 Å². The molecule has 3 rings (SSSR count). The highest BCUT2D eigenvalue weighted by Crippen LogP contribution is 2.25. The maximum absolute atomic E-state index is 12.1. The quantitative estimate of drug-likeness (QED) is 0.800. The molecule has 0 unspecified atom stereocenters. The zero-order chi connectivity index (χ0) is 15.5. The van der Waals surface area contributed by atoms with Crippen molar-refractivity contribution in [3.63, 3.8) is 0 Å². The summed E-state index contributed by atoms with van der Waals surface area (Å²) in [6.07, 6.45) is 4.56. The summed E-state index contributed by atoms with van der Waals surface area (Å²) in [5.74, 6) is -0.961. The smallest absolute Gasteiger partial charge is 0.315 e. The molecule has 22 heavy (non-hydrogen) atoms. The molecule has 0 aromatic heterocycles. The second-order valence-corrected chi connectivity index (χ2v) is 6.38. The molecule has 1 fully saturated rings. The van der Waals surface area contributed by atoms with Crippen LogP contribution in [0, 0.1) is 5.92 Å². The number of amides is 2. The molecule has 2 amide bonds. The first-order valence-electron chi connectivity index (χ1n) is 7.98. The Morgan fingerprint density at radius 3 is 2.00 bits per heavy atom. The van der Waals surface area contributed by atoms with Gasteiger partial charge in [-0.05, 0) is 49.7 Å². The van der Waals surface area contributed by atoms with E-state index in [0.29, 0.717) is 12.8 Å². The molecule has 0 atom stereocenters. The normalized spacial score (nSPS) is 24.5. The lowest BCUT2D eigenvalue weighted by atomic mass is 9.86. The van der Waals surface area contributed by atoms with Gasteiger partial charge in [0.15, 0.2) is 0 Å². The number of carbonyl (C=O) groups is 2. The van der Waals surface area contributed by atoms with Crippen LogP contribution in [0.1, 0.15) is 36.8 Å². The highest BCUT2D eigenvalue weighted by atomic mass is 16.4. The first-order chi connectivity index (χ1) is 10.6. The fourth-order valence-electron chi connectivity index (χ4n) is 3.56. The minimum atomic E-state index is -0.716. The topological polar surface area (TPSA) is 78.4 Å². The van der Waals surface area contributed by atoms with E-state index in [-0.39, 0.29) is 24.0 Å². The predicted molar refractivity (Wildman–Crippen MR) is 82.7 cm³/mol. The van der Waals surface area contributed by atoms with E-state index in [9.17, 15) is 9.59 Å². The minimum absolute atomic E-state index is 0.0966. The van der Waals surface area contributed by atoms with Crippen molar-refractivity contribution in [3.8, 4) is 0 Å². The largest absolute Gasteiger partial charge is 0.481 e. The Morgan fingerprint density at radius 1 is 0.909 bits per heavy atom. The summed E-state index contributed by atoms with van der Waals surface area (Å²) in [6.45, 7) is 0. The fraction of sp³-hybridized carbons (Fsp3) is 0.529. The number of aliphatic carboxylic acids is 1. The standard InChI is InChI=1S/C17H22N2O3/c20-16(21)11-5-7-14(8-6-11)18-17(22)19-15-9-12-3-1-2-4-13(12)10-15/h1-4,11,14-15H,5-10H2,(H,20,21)(H2,18,19,22). The summed E-state index contributed by atoms with van der Waals surface area (Å²) in [7, 11) is 0. The van der Waals surface area contributed by atoms with Crippen LogP contribution in [0.2, 0.25) is 0 Å². The summed E-state index contributed by atoms with van der Waals surface area (Å²) in [5, 5.41) is 15.0. The number of carboxylic acid groups (broad SMARTS) is 1. The molecule has 0 bridgehead atoms. The Bertz CT molecular complexity index is 540. The molecule has 0 radical (unpaired) electrons. The van der Waals surface area contributed by atoms with Gasteiger partial charge in [-0.2, -0.15) is 0 Å². The number of fused-ring (bicyclic) bond motifs is 1. The van der Waals surface area contributed by atoms with Gasteiger partial charge in [-0.1, -0.05) is 24.3 Å². The molecule has 118 valence electrons. The van der Waals surface area contributed by atoms with Gasteiger partial charge in [-0.25, -0.2) is 4.79 Å². The van der Waals surface area contributed by atoms with Crippen LogP contribution in [-0.4, -0.2) is 29.2 Å². The van der Waals surface area contributed by atoms with Crippen LogP contribution in [-0.2, 0) is 17.6 Å². The van der Waals surface area contributed by atoms with Crippen LogP contribution in [0.25, 0.3) is 0 Å². The number of carboxylic acids is 1. The molecule has 0 heterocycles. The van der Waals surface area contributed by atoms with Crippen molar-refractivity contribution < 1.29 is 14.7 Å². The van der Waals surface area contributed by atoms with Crippen molar-refractivity contribution >= 4 is 12.0 Å². The highest BCUT2D eigenvalue weighted by molar-refractivity contribution is 5.75. The Labute approximate surface area is 130 Å².